The monoisotopic (exact) mass is 379 g/mol. The lowest BCUT2D eigenvalue weighted by Crippen LogP contribution is -2.45. The van der Waals surface area contributed by atoms with Crippen LogP contribution in [-0.4, -0.2) is 84.3 Å². The Bertz CT molecular complexity index is 578. The van der Waals surface area contributed by atoms with Gasteiger partial charge in [-0.25, -0.2) is 0 Å². The summed E-state index contributed by atoms with van der Waals surface area (Å²) in [6, 6.07) is 0. The van der Waals surface area contributed by atoms with Gasteiger partial charge in [0.15, 0.2) is 0 Å². The summed E-state index contributed by atoms with van der Waals surface area (Å²) in [5.74, 6) is 0.936. The number of nitrogens with one attached hydrogen (secondary N) is 1. The molecule has 0 radical (unpaired) electrons. The van der Waals surface area contributed by atoms with Crippen molar-refractivity contribution in [1.29, 1.82) is 0 Å². The maximum Gasteiger partial charge on any atom is 0.304 e. The molecule has 2 N–H and O–H groups in total. The minimum atomic E-state index is -0.745. The number of hydrogen-bond acceptors (Lipinski definition) is 5. The number of rotatable bonds is 7. The molecule has 2 bridgehead atoms. The fourth-order valence-electron chi connectivity index (χ4n) is 5.69. The van der Waals surface area contributed by atoms with Crippen LogP contribution in [0.5, 0.6) is 0 Å². The predicted octanol–water partition coefficient (Wildman–Crippen LogP) is 0.789. The van der Waals surface area contributed by atoms with Gasteiger partial charge >= 0.3 is 5.97 Å². The Labute approximate surface area is 161 Å². The van der Waals surface area contributed by atoms with Crippen molar-refractivity contribution in [2.45, 2.75) is 50.7 Å². The Kier molecular flexibility index (Phi) is 5.45. The van der Waals surface area contributed by atoms with Crippen LogP contribution in [0.2, 0.25) is 0 Å². The van der Waals surface area contributed by atoms with Crippen molar-refractivity contribution in [1.82, 2.24) is 15.1 Å². The molecule has 1 amide bonds. The van der Waals surface area contributed by atoms with Crippen molar-refractivity contribution in [2.24, 2.45) is 17.8 Å². The molecule has 0 aromatic heterocycles. The second kappa shape index (κ2) is 7.68. The van der Waals surface area contributed by atoms with Gasteiger partial charge in [-0.1, -0.05) is 6.92 Å². The summed E-state index contributed by atoms with van der Waals surface area (Å²) in [4.78, 5) is 27.8. The van der Waals surface area contributed by atoms with Crippen molar-refractivity contribution < 1.29 is 19.4 Å². The molecule has 4 aliphatic heterocycles. The predicted molar refractivity (Wildman–Crippen MR) is 100 cm³/mol. The Morgan fingerprint density at radius 1 is 1.22 bits per heavy atom. The molecule has 7 nitrogen and oxygen atoms in total. The van der Waals surface area contributed by atoms with E-state index in [1.54, 1.807) is 0 Å². The third-order valence-corrected chi connectivity index (χ3v) is 7.27. The quantitative estimate of drug-likeness (QED) is 0.681. The number of carboxylic acids is 1. The van der Waals surface area contributed by atoms with Gasteiger partial charge < -0.3 is 15.2 Å². The van der Waals surface area contributed by atoms with Crippen LogP contribution in [0.1, 0.15) is 39.0 Å². The molecule has 0 saturated carbocycles. The molecule has 152 valence electrons. The van der Waals surface area contributed by atoms with Crippen LogP contribution in [0.3, 0.4) is 0 Å². The van der Waals surface area contributed by atoms with Gasteiger partial charge in [0.05, 0.1) is 24.7 Å². The number of carboxylic acid groups (broad SMARTS) is 1. The van der Waals surface area contributed by atoms with Crippen LogP contribution >= 0.6 is 0 Å². The molecule has 4 rings (SSSR count). The average molecular weight is 380 g/mol. The van der Waals surface area contributed by atoms with Gasteiger partial charge in [0.25, 0.3) is 0 Å². The molecule has 4 fully saturated rings. The number of likely N-dealkylation sites (tertiary alicyclic amines) is 2. The number of carbonyl (C=O) groups is 2. The molecule has 0 aromatic rings. The summed E-state index contributed by atoms with van der Waals surface area (Å²) in [6.07, 6.45) is 4.94. The standard InChI is InChI=1S/C20H33N3O4/c1-14-3-7-22(8-4-14)12-18(24)21-10-15-16-11-23(9-5-19(25)26)13-20(16)6-2-17(15)27-20/h14-17H,2-13H2,1H3,(H,21,24)(H,25,26)/t15-,16+,17+,20+/m0/s1. The van der Waals surface area contributed by atoms with Crippen LogP contribution in [-0.2, 0) is 14.3 Å². The average Bonchev–Trinajstić information content (AvgIpc) is 3.28. The second-order valence-corrected chi connectivity index (χ2v) is 9.17. The molecule has 4 atom stereocenters. The molecule has 4 aliphatic rings. The van der Waals surface area contributed by atoms with Gasteiger partial charge in [0.2, 0.25) is 5.91 Å². The molecule has 0 unspecified atom stereocenters. The summed E-state index contributed by atoms with van der Waals surface area (Å²) in [5, 5.41) is 12.1. The molecule has 0 aromatic carbocycles. The van der Waals surface area contributed by atoms with Crippen LogP contribution in [0.25, 0.3) is 0 Å². The zero-order valence-corrected chi connectivity index (χ0v) is 16.4. The summed E-state index contributed by atoms with van der Waals surface area (Å²) in [7, 11) is 0. The van der Waals surface area contributed by atoms with Crippen molar-refractivity contribution in [2.75, 3.05) is 45.8 Å². The maximum atomic E-state index is 12.4. The molecule has 4 saturated heterocycles. The minimum absolute atomic E-state index is 0.0957. The van der Waals surface area contributed by atoms with E-state index in [1.165, 1.54) is 12.8 Å². The molecule has 7 heteroatoms. The Morgan fingerprint density at radius 2 is 2.00 bits per heavy atom. The number of nitrogens with zero attached hydrogens (tertiary/aromatic N) is 2. The lowest BCUT2D eigenvalue weighted by atomic mass is 9.73. The second-order valence-electron chi connectivity index (χ2n) is 9.17. The van der Waals surface area contributed by atoms with E-state index < -0.39 is 5.97 Å². The highest BCUT2D eigenvalue weighted by molar-refractivity contribution is 5.78. The van der Waals surface area contributed by atoms with E-state index >= 15 is 0 Å². The lowest BCUT2D eigenvalue weighted by molar-refractivity contribution is -0.137. The third-order valence-electron chi connectivity index (χ3n) is 7.27. The van der Waals surface area contributed by atoms with E-state index in [-0.39, 0.29) is 24.0 Å². The first kappa shape index (κ1) is 19.2. The smallest absolute Gasteiger partial charge is 0.304 e. The summed E-state index contributed by atoms with van der Waals surface area (Å²) < 4.78 is 6.38. The van der Waals surface area contributed by atoms with E-state index in [1.807, 2.05) is 0 Å². The maximum absolute atomic E-state index is 12.4. The number of fused-ring (bicyclic) bond motifs is 1. The van der Waals surface area contributed by atoms with Crippen molar-refractivity contribution in [3.05, 3.63) is 0 Å². The number of ether oxygens (including phenoxy) is 1. The van der Waals surface area contributed by atoms with Gasteiger partial charge in [-0.2, -0.15) is 0 Å². The zero-order chi connectivity index (χ0) is 19.0. The topological polar surface area (TPSA) is 82.1 Å². The first-order chi connectivity index (χ1) is 12.9. The van der Waals surface area contributed by atoms with E-state index in [0.717, 1.165) is 44.9 Å². The van der Waals surface area contributed by atoms with E-state index in [4.69, 9.17) is 9.84 Å². The minimum Gasteiger partial charge on any atom is -0.481 e. The lowest BCUT2D eigenvalue weighted by Gasteiger charge is -2.31. The number of hydrogen-bond donors (Lipinski definition) is 2. The highest BCUT2D eigenvalue weighted by Gasteiger charge is 2.62. The number of carbonyl (C=O) groups excluding carboxylic acids is 1. The molecule has 4 heterocycles. The zero-order valence-electron chi connectivity index (χ0n) is 16.4. The van der Waals surface area contributed by atoms with E-state index in [0.29, 0.717) is 31.5 Å². The highest BCUT2D eigenvalue weighted by Crippen LogP contribution is 2.54. The fourth-order valence-corrected chi connectivity index (χ4v) is 5.69. The first-order valence-corrected chi connectivity index (χ1v) is 10.6. The van der Waals surface area contributed by atoms with Crippen LogP contribution in [0, 0.1) is 17.8 Å². The molecular weight excluding hydrogens is 346 g/mol. The van der Waals surface area contributed by atoms with Crippen molar-refractivity contribution in [3.8, 4) is 0 Å². The van der Waals surface area contributed by atoms with Gasteiger partial charge in [-0.15, -0.1) is 0 Å². The summed E-state index contributed by atoms with van der Waals surface area (Å²) >= 11 is 0. The number of amides is 1. The van der Waals surface area contributed by atoms with Crippen molar-refractivity contribution >= 4 is 11.9 Å². The number of piperidine rings is 1. The Morgan fingerprint density at radius 3 is 2.74 bits per heavy atom. The van der Waals surface area contributed by atoms with Crippen LogP contribution < -0.4 is 5.32 Å². The third kappa shape index (κ3) is 4.00. The van der Waals surface area contributed by atoms with Gasteiger partial charge in [-0.3, -0.25) is 19.4 Å². The van der Waals surface area contributed by atoms with E-state index in [9.17, 15) is 9.59 Å². The van der Waals surface area contributed by atoms with Crippen LogP contribution in [0.15, 0.2) is 0 Å². The van der Waals surface area contributed by atoms with Gasteiger partial charge in [-0.05, 0) is 44.7 Å². The van der Waals surface area contributed by atoms with E-state index in [2.05, 4.69) is 22.0 Å². The Hall–Kier alpha value is -1.18. The Balaban J connectivity index is 1.27. The van der Waals surface area contributed by atoms with Crippen molar-refractivity contribution in [3.63, 3.8) is 0 Å². The highest BCUT2D eigenvalue weighted by atomic mass is 16.5. The summed E-state index contributed by atoms with van der Waals surface area (Å²) in [5.41, 5.74) is -0.0957. The fraction of sp³-hybridized carbons (Fsp3) is 0.900. The molecular formula is C20H33N3O4. The normalized spacial score (nSPS) is 36.9. The van der Waals surface area contributed by atoms with Gasteiger partial charge in [0, 0.05) is 38.0 Å². The summed E-state index contributed by atoms with van der Waals surface area (Å²) in [6.45, 7) is 7.85. The number of aliphatic carboxylic acids is 1. The molecule has 27 heavy (non-hydrogen) atoms. The van der Waals surface area contributed by atoms with Crippen LogP contribution in [0.4, 0.5) is 0 Å². The molecule has 0 aliphatic carbocycles. The SMILES string of the molecule is CC1CCN(CC(=O)NC[C@H]2[C@H]3CN(CCC(=O)O)C[C@]34CC[C@H]2O4)CC1. The van der Waals surface area contributed by atoms with Gasteiger partial charge in [0.1, 0.15) is 0 Å². The first-order valence-electron chi connectivity index (χ1n) is 10.6. The molecule has 1 spiro atoms. The largest absolute Gasteiger partial charge is 0.481 e.